The maximum atomic E-state index is 13.1. The Balaban J connectivity index is 1.64. The molecule has 136 valence electrons. The molecule has 0 unspecified atom stereocenters. The van der Waals surface area contributed by atoms with E-state index in [0.717, 1.165) is 17.7 Å². The smallest absolute Gasteiger partial charge is 0.387 e. The fraction of sp³-hybridized carbons (Fsp3) is 0.222. The van der Waals surface area contributed by atoms with Crippen molar-refractivity contribution in [2.75, 3.05) is 0 Å². The molecule has 0 bridgehead atoms. The predicted molar refractivity (Wildman–Crippen MR) is 85.6 cm³/mol. The Morgan fingerprint density at radius 2 is 1.92 bits per heavy atom. The standard InChI is InChI=1S/C18H14F4N2O2/c19-13-7-6-12(14(8-13)18(20,21)22)10-23-17(25)15-9-16(26-24-15)11-4-2-1-3-5-11/h1-8,16H,9-10H2,(H,23,25)/t16-/m1/s1. The second-order valence-electron chi connectivity index (χ2n) is 5.73. The molecule has 1 heterocycles. The van der Waals surface area contributed by atoms with E-state index < -0.39 is 36.1 Å². The number of carbonyl (C=O) groups is 1. The van der Waals surface area contributed by atoms with Crippen LogP contribution in [0, 0.1) is 5.82 Å². The highest BCUT2D eigenvalue weighted by atomic mass is 19.4. The van der Waals surface area contributed by atoms with E-state index >= 15 is 0 Å². The fourth-order valence-electron chi connectivity index (χ4n) is 2.60. The molecule has 0 radical (unpaired) electrons. The molecular weight excluding hydrogens is 352 g/mol. The molecule has 0 aromatic heterocycles. The molecule has 8 heteroatoms. The number of halogens is 4. The van der Waals surface area contributed by atoms with Crippen molar-refractivity contribution in [1.29, 1.82) is 0 Å². The molecule has 1 aliphatic rings. The maximum Gasteiger partial charge on any atom is 0.416 e. The van der Waals surface area contributed by atoms with E-state index in [1.165, 1.54) is 0 Å². The van der Waals surface area contributed by atoms with Gasteiger partial charge in [-0.15, -0.1) is 0 Å². The molecule has 4 nitrogen and oxygen atoms in total. The molecule has 0 fully saturated rings. The Morgan fingerprint density at radius 1 is 1.19 bits per heavy atom. The second-order valence-corrected chi connectivity index (χ2v) is 5.73. The highest BCUT2D eigenvalue weighted by Gasteiger charge is 2.34. The number of amides is 1. The van der Waals surface area contributed by atoms with Gasteiger partial charge < -0.3 is 10.2 Å². The van der Waals surface area contributed by atoms with Crippen molar-refractivity contribution < 1.29 is 27.2 Å². The van der Waals surface area contributed by atoms with Crippen LogP contribution < -0.4 is 5.32 Å². The monoisotopic (exact) mass is 366 g/mol. The summed E-state index contributed by atoms with van der Waals surface area (Å²) in [6.45, 7) is -0.400. The number of nitrogens with one attached hydrogen (secondary N) is 1. The number of nitrogens with zero attached hydrogens (tertiary/aromatic N) is 1. The average Bonchev–Trinajstić information content (AvgIpc) is 3.10. The van der Waals surface area contributed by atoms with Crippen LogP contribution in [0.15, 0.2) is 53.7 Å². The minimum atomic E-state index is -4.71. The third-order valence-corrected chi connectivity index (χ3v) is 3.92. The molecule has 1 N–H and O–H groups in total. The Labute approximate surface area is 146 Å². The van der Waals surface area contributed by atoms with Crippen LogP contribution in [0.5, 0.6) is 0 Å². The number of alkyl halides is 3. The first kappa shape index (κ1) is 17.9. The Hall–Kier alpha value is -2.90. The zero-order valence-electron chi connectivity index (χ0n) is 13.4. The number of hydrogen-bond acceptors (Lipinski definition) is 3. The van der Waals surface area contributed by atoms with Crippen molar-refractivity contribution in [1.82, 2.24) is 5.32 Å². The molecule has 0 aliphatic carbocycles. The molecule has 2 aromatic rings. The van der Waals surface area contributed by atoms with Crippen LogP contribution in [0.3, 0.4) is 0 Å². The van der Waals surface area contributed by atoms with E-state index in [0.29, 0.717) is 6.07 Å². The van der Waals surface area contributed by atoms with Gasteiger partial charge in [0.15, 0.2) is 6.10 Å². The van der Waals surface area contributed by atoms with Crippen LogP contribution in [0.25, 0.3) is 0 Å². The highest BCUT2D eigenvalue weighted by molar-refractivity contribution is 6.39. The molecular formula is C18H14F4N2O2. The summed E-state index contributed by atoms with van der Waals surface area (Å²) in [7, 11) is 0. The first-order valence-electron chi connectivity index (χ1n) is 7.76. The zero-order chi connectivity index (χ0) is 18.7. The van der Waals surface area contributed by atoms with Gasteiger partial charge in [-0.25, -0.2) is 4.39 Å². The number of carbonyl (C=O) groups excluding carboxylic acids is 1. The Bertz CT molecular complexity index is 835. The van der Waals surface area contributed by atoms with Crippen molar-refractivity contribution in [2.24, 2.45) is 5.16 Å². The summed E-state index contributed by atoms with van der Waals surface area (Å²) in [4.78, 5) is 17.4. The quantitative estimate of drug-likeness (QED) is 0.833. The molecule has 0 spiro atoms. The molecule has 0 saturated heterocycles. The van der Waals surface area contributed by atoms with Gasteiger partial charge in [-0.2, -0.15) is 13.2 Å². The van der Waals surface area contributed by atoms with Gasteiger partial charge in [-0.3, -0.25) is 4.79 Å². The second kappa shape index (κ2) is 7.15. The van der Waals surface area contributed by atoms with Gasteiger partial charge in [0.25, 0.3) is 5.91 Å². The van der Waals surface area contributed by atoms with Gasteiger partial charge in [0.1, 0.15) is 11.5 Å². The van der Waals surface area contributed by atoms with Crippen LogP contribution in [-0.2, 0) is 22.4 Å². The van der Waals surface area contributed by atoms with Crippen molar-refractivity contribution in [3.63, 3.8) is 0 Å². The third-order valence-electron chi connectivity index (χ3n) is 3.92. The van der Waals surface area contributed by atoms with E-state index in [9.17, 15) is 22.4 Å². The summed E-state index contributed by atoms with van der Waals surface area (Å²) in [5.41, 5.74) is -0.414. The summed E-state index contributed by atoms with van der Waals surface area (Å²) in [5, 5.41) is 6.09. The minimum Gasteiger partial charge on any atom is -0.387 e. The average molecular weight is 366 g/mol. The lowest BCUT2D eigenvalue weighted by molar-refractivity contribution is -0.138. The number of hydrogen-bond donors (Lipinski definition) is 1. The lowest BCUT2D eigenvalue weighted by Gasteiger charge is -2.13. The van der Waals surface area contributed by atoms with Crippen LogP contribution in [0.1, 0.15) is 29.2 Å². The van der Waals surface area contributed by atoms with E-state index in [4.69, 9.17) is 4.84 Å². The minimum absolute atomic E-state index is 0.0922. The van der Waals surface area contributed by atoms with Crippen LogP contribution in [-0.4, -0.2) is 11.6 Å². The van der Waals surface area contributed by atoms with Gasteiger partial charge in [0.2, 0.25) is 0 Å². The van der Waals surface area contributed by atoms with Crippen LogP contribution >= 0.6 is 0 Å². The highest BCUT2D eigenvalue weighted by Crippen LogP contribution is 2.32. The van der Waals surface area contributed by atoms with Gasteiger partial charge in [-0.1, -0.05) is 41.6 Å². The van der Waals surface area contributed by atoms with Gasteiger partial charge in [0, 0.05) is 13.0 Å². The summed E-state index contributed by atoms with van der Waals surface area (Å²) in [5.74, 6) is -1.62. The Kier molecular flexibility index (Phi) is 4.92. The molecule has 1 atom stereocenters. The summed E-state index contributed by atoms with van der Waals surface area (Å²) in [6, 6.07) is 11.5. The fourth-order valence-corrected chi connectivity index (χ4v) is 2.60. The normalized spacial score (nSPS) is 16.8. The lowest BCUT2D eigenvalue weighted by atomic mass is 10.0. The lowest BCUT2D eigenvalue weighted by Crippen LogP contribution is -2.30. The Morgan fingerprint density at radius 3 is 2.62 bits per heavy atom. The molecule has 1 amide bonds. The summed E-state index contributed by atoms with van der Waals surface area (Å²) < 4.78 is 52.0. The molecule has 0 saturated carbocycles. The third kappa shape index (κ3) is 4.01. The van der Waals surface area contributed by atoms with Gasteiger partial charge >= 0.3 is 6.18 Å². The zero-order valence-corrected chi connectivity index (χ0v) is 13.4. The summed E-state index contributed by atoms with van der Waals surface area (Å²) in [6.07, 6.45) is -4.91. The van der Waals surface area contributed by atoms with E-state index in [1.807, 2.05) is 30.3 Å². The topological polar surface area (TPSA) is 50.7 Å². The maximum absolute atomic E-state index is 13.1. The van der Waals surface area contributed by atoms with Crippen molar-refractivity contribution in [3.05, 3.63) is 71.0 Å². The molecule has 1 aliphatic heterocycles. The number of rotatable bonds is 4. The predicted octanol–water partition coefficient (Wildman–Crippen LogP) is 3.98. The van der Waals surface area contributed by atoms with E-state index in [-0.39, 0.29) is 17.7 Å². The molecule has 2 aromatic carbocycles. The molecule has 26 heavy (non-hydrogen) atoms. The van der Waals surface area contributed by atoms with Crippen molar-refractivity contribution in [2.45, 2.75) is 25.2 Å². The SMILES string of the molecule is O=C(NCc1ccc(F)cc1C(F)(F)F)C1=NO[C@@H](c2ccccc2)C1. The number of benzene rings is 2. The number of oxime groups is 1. The van der Waals surface area contributed by atoms with Crippen LogP contribution in [0.2, 0.25) is 0 Å². The van der Waals surface area contributed by atoms with E-state index in [1.54, 1.807) is 0 Å². The first-order valence-corrected chi connectivity index (χ1v) is 7.76. The first-order chi connectivity index (χ1) is 12.3. The van der Waals surface area contributed by atoms with Gasteiger partial charge in [-0.05, 0) is 23.3 Å². The largest absolute Gasteiger partial charge is 0.416 e. The van der Waals surface area contributed by atoms with Crippen molar-refractivity contribution >= 4 is 11.6 Å². The van der Waals surface area contributed by atoms with E-state index in [2.05, 4.69) is 10.5 Å². The van der Waals surface area contributed by atoms with Crippen molar-refractivity contribution in [3.8, 4) is 0 Å². The molecule has 3 rings (SSSR count). The van der Waals surface area contributed by atoms with Crippen LogP contribution in [0.4, 0.5) is 17.6 Å². The summed E-state index contributed by atoms with van der Waals surface area (Å²) >= 11 is 0. The van der Waals surface area contributed by atoms with Gasteiger partial charge in [0.05, 0.1) is 5.56 Å².